The lowest BCUT2D eigenvalue weighted by atomic mass is 10.1. The molecule has 1 heterocycles. The Morgan fingerprint density at radius 1 is 1.31 bits per heavy atom. The van der Waals surface area contributed by atoms with Gasteiger partial charge in [-0.25, -0.2) is 0 Å². The highest BCUT2D eigenvalue weighted by Gasteiger charge is 2.28. The summed E-state index contributed by atoms with van der Waals surface area (Å²) in [5.41, 5.74) is 0.626. The van der Waals surface area contributed by atoms with Crippen LogP contribution in [0.5, 0.6) is 5.75 Å². The smallest absolute Gasteiger partial charge is 0.238 e. The molecule has 4 nitrogen and oxygen atoms in total. The molecule has 0 unspecified atom stereocenters. The molecule has 86 valence electrons. The monoisotopic (exact) mass is 220 g/mol. The van der Waals surface area contributed by atoms with Crippen molar-refractivity contribution in [2.45, 2.75) is 19.4 Å². The molecule has 4 heteroatoms. The lowest BCUT2D eigenvalue weighted by Crippen LogP contribution is -2.43. The third kappa shape index (κ3) is 2.27. The molecule has 2 rings (SSSR count). The summed E-state index contributed by atoms with van der Waals surface area (Å²) in [7, 11) is 1.92. The van der Waals surface area contributed by atoms with Crippen LogP contribution in [-0.4, -0.2) is 35.2 Å². The van der Waals surface area contributed by atoms with Crippen LogP contribution in [0.3, 0.4) is 0 Å². The van der Waals surface area contributed by atoms with Gasteiger partial charge in [-0.1, -0.05) is 0 Å². The summed E-state index contributed by atoms with van der Waals surface area (Å²) in [6.45, 7) is 4.81. The van der Waals surface area contributed by atoms with Crippen molar-refractivity contribution >= 4 is 5.90 Å². The maximum Gasteiger partial charge on any atom is 0.238 e. The molecular weight excluding hydrogens is 204 g/mol. The summed E-state index contributed by atoms with van der Waals surface area (Å²) in [4.78, 5) is 0. The largest absolute Gasteiger partial charge is 0.508 e. The molecule has 0 fully saturated rings. The van der Waals surface area contributed by atoms with E-state index < -0.39 is 0 Å². The Hall–Kier alpha value is -1.71. The molecule has 1 aliphatic heterocycles. The van der Waals surface area contributed by atoms with Gasteiger partial charge in [-0.2, -0.15) is 0 Å². The second-order valence-electron chi connectivity index (χ2n) is 4.63. The Morgan fingerprint density at radius 3 is 2.50 bits per heavy atom. The Labute approximate surface area is 95.1 Å². The minimum atomic E-state index is -0.246. The van der Waals surface area contributed by atoms with Gasteiger partial charge in [0.05, 0.1) is 6.54 Å². The molecule has 0 amide bonds. The quantitative estimate of drug-likeness (QED) is 0.784. The van der Waals surface area contributed by atoms with Gasteiger partial charge >= 0.3 is 0 Å². The Bertz CT molecular complexity index is 410. The molecule has 1 aliphatic rings. The highest BCUT2D eigenvalue weighted by molar-refractivity contribution is 5.94. The fourth-order valence-corrected chi connectivity index (χ4v) is 1.78. The van der Waals surface area contributed by atoms with Gasteiger partial charge in [0.2, 0.25) is 5.90 Å². The first-order valence-corrected chi connectivity index (χ1v) is 5.24. The minimum absolute atomic E-state index is 0.243. The van der Waals surface area contributed by atoms with Crippen LogP contribution >= 0.6 is 0 Å². The SMILES string of the molecule is CN1CC(C)(C)OC(c2ccc(O)cc2)=N1. The van der Waals surface area contributed by atoms with Gasteiger partial charge < -0.3 is 9.84 Å². The van der Waals surface area contributed by atoms with Crippen molar-refractivity contribution in [3.05, 3.63) is 29.8 Å². The number of hydrogen-bond acceptors (Lipinski definition) is 4. The Kier molecular flexibility index (Phi) is 2.50. The zero-order valence-corrected chi connectivity index (χ0v) is 9.77. The summed E-state index contributed by atoms with van der Waals surface area (Å²) in [6.07, 6.45) is 0. The van der Waals surface area contributed by atoms with Gasteiger partial charge in [0.25, 0.3) is 0 Å². The van der Waals surface area contributed by atoms with Crippen molar-refractivity contribution in [2.24, 2.45) is 5.10 Å². The molecule has 1 aromatic carbocycles. The highest BCUT2D eigenvalue weighted by atomic mass is 16.5. The van der Waals surface area contributed by atoms with E-state index in [9.17, 15) is 5.11 Å². The van der Waals surface area contributed by atoms with Crippen LogP contribution in [0.2, 0.25) is 0 Å². The van der Waals surface area contributed by atoms with Crippen LogP contribution in [-0.2, 0) is 4.74 Å². The van der Waals surface area contributed by atoms with Crippen LogP contribution < -0.4 is 0 Å². The van der Waals surface area contributed by atoms with Crippen LogP contribution in [0.1, 0.15) is 19.4 Å². The zero-order chi connectivity index (χ0) is 11.8. The van der Waals surface area contributed by atoms with Gasteiger partial charge in [0.15, 0.2) is 0 Å². The number of hydrazone groups is 1. The molecule has 0 radical (unpaired) electrons. The summed E-state index contributed by atoms with van der Waals surface area (Å²) < 4.78 is 5.80. The minimum Gasteiger partial charge on any atom is -0.508 e. The molecule has 0 saturated carbocycles. The summed E-state index contributed by atoms with van der Waals surface area (Å²) in [5, 5.41) is 15.4. The second kappa shape index (κ2) is 3.70. The molecule has 0 atom stereocenters. The fourth-order valence-electron chi connectivity index (χ4n) is 1.78. The van der Waals surface area contributed by atoms with Gasteiger partial charge in [-0.05, 0) is 38.1 Å². The van der Waals surface area contributed by atoms with E-state index in [1.807, 2.05) is 25.9 Å². The number of benzene rings is 1. The van der Waals surface area contributed by atoms with Crippen molar-refractivity contribution in [3.63, 3.8) is 0 Å². The topological polar surface area (TPSA) is 45.1 Å². The number of nitrogens with zero attached hydrogens (tertiary/aromatic N) is 2. The third-order valence-electron chi connectivity index (χ3n) is 2.36. The molecule has 0 saturated heterocycles. The Balaban J connectivity index is 2.30. The Morgan fingerprint density at radius 2 is 1.94 bits per heavy atom. The van der Waals surface area contributed by atoms with E-state index in [-0.39, 0.29) is 11.4 Å². The number of ether oxygens (including phenoxy) is 1. The van der Waals surface area contributed by atoms with E-state index in [1.54, 1.807) is 24.3 Å². The standard InChI is InChI=1S/C12H16N2O2/c1-12(2)8-14(3)13-11(16-12)9-4-6-10(15)7-5-9/h4-7,15H,8H2,1-3H3. The first-order chi connectivity index (χ1) is 7.46. The zero-order valence-electron chi connectivity index (χ0n) is 9.77. The fraction of sp³-hybridized carbons (Fsp3) is 0.417. The molecule has 0 aromatic heterocycles. The highest BCUT2D eigenvalue weighted by Crippen LogP contribution is 2.21. The van der Waals surface area contributed by atoms with Crippen molar-refractivity contribution in [3.8, 4) is 5.75 Å². The molecule has 1 aromatic rings. The molecule has 1 N–H and O–H groups in total. The maximum atomic E-state index is 9.22. The number of rotatable bonds is 1. The maximum absolute atomic E-state index is 9.22. The van der Waals surface area contributed by atoms with Gasteiger partial charge in [-0.3, -0.25) is 5.01 Å². The van der Waals surface area contributed by atoms with E-state index in [0.29, 0.717) is 5.90 Å². The summed E-state index contributed by atoms with van der Waals surface area (Å²) in [5.74, 6) is 0.839. The summed E-state index contributed by atoms with van der Waals surface area (Å²) >= 11 is 0. The molecule has 0 aliphatic carbocycles. The first-order valence-electron chi connectivity index (χ1n) is 5.24. The van der Waals surface area contributed by atoms with E-state index in [4.69, 9.17) is 4.74 Å². The van der Waals surface area contributed by atoms with Gasteiger partial charge in [0, 0.05) is 12.6 Å². The number of phenolic OH excluding ortho intramolecular Hbond substituents is 1. The lowest BCUT2D eigenvalue weighted by molar-refractivity contribution is 0.0324. The molecule has 0 spiro atoms. The number of hydrogen-bond donors (Lipinski definition) is 1. The predicted molar refractivity (Wildman–Crippen MR) is 62.4 cm³/mol. The van der Waals surface area contributed by atoms with E-state index in [2.05, 4.69) is 5.10 Å². The third-order valence-corrected chi connectivity index (χ3v) is 2.36. The summed E-state index contributed by atoms with van der Waals surface area (Å²) in [6, 6.07) is 6.85. The van der Waals surface area contributed by atoms with Crippen molar-refractivity contribution in [1.82, 2.24) is 5.01 Å². The van der Waals surface area contributed by atoms with E-state index >= 15 is 0 Å². The predicted octanol–water partition coefficient (Wildman–Crippen LogP) is 1.79. The van der Waals surface area contributed by atoms with Crippen molar-refractivity contribution in [1.29, 1.82) is 0 Å². The number of likely N-dealkylation sites (N-methyl/N-ethyl adjacent to an activating group) is 1. The molecular formula is C12H16N2O2. The van der Waals surface area contributed by atoms with Crippen LogP contribution in [0.4, 0.5) is 0 Å². The van der Waals surface area contributed by atoms with Crippen LogP contribution in [0.15, 0.2) is 29.4 Å². The molecule has 0 bridgehead atoms. The average molecular weight is 220 g/mol. The number of phenols is 1. The van der Waals surface area contributed by atoms with E-state index in [0.717, 1.165) is 12.1 Å². The van der Waals surface area contributed by atoms with Crippen molar-refractivity contribution in [2.75, 3.05) is 13.6 Å². The average Bonchev–Trinajstić information content (AvgIpc) is 2.15. The van der Waals surface area contributed by atoms with E-state index in [1.165, 1.54) is 0 Å². The lowest BCUT2D eigenvalue weighted by Gasteiger charge is -2.35. The normalized spacial score (nSPS) is 18.9. The molecule has 16 heavy (non-hydrogen) atoms. The van der Waals surface area contributed by atoms with Crippen LogP contribution in [0, 0.1) is 0 Å². The second-order valence-corrected chi connectivity index (χ2v) is 4.63. The first kappa shape index (κ1) is 10.8. The van der Waals surface area contributed by atoms with Crippen molar-refractivity contribution < 1.29 is 9.84 Å². The van der Waals surface area contributed by atoms with Gasteiger partial charge in [-0.15, -0.1) is 5.10 Å². The van der Waals surface area contributed by atoms with Gasteiger partial charge in [0.1, 0.15) is 11.4 Å². The van der Waals surface area contributed by atoms with Crippen LogP contribution in [0.25, 0.3) is 0 Å². The number of aromatic hydroxyl groups is 1.